The van der Waals surface area contributed by atoms with E-state index in [0.717, 1.165) is 28.1 Å². The van der Waals surface area contributed by atoms with Gasteiger partial charge < -0.3 is 0 Å². The number of nitrogens with one attached hydrogen (secondary N) is 1. The highest BCUT2D eigenvalue weighted by atomic mass is 16.6. The molecule has 5 heteroatoms. The fourth-order valence-electron chi connectivity index (χ4n) is 2.71. The molecule has 0 saturated carbocycles. The first-order valence-electron chi connectivity index (χ1n) is 8.25. The summed E-state index contributed by atoms with van der Waals surface area (Å²) < 4.78 is 1.67. The van der Waals surface area contributed by atoms with E-state index < -0.39 is 0 Å². The van der Waals surface area contributed by atoms with Gasteiger partial charge in [-0.3, -0.25) is 9.63 Å². The largest absolute Gasteiger partial charge is 0.293 e. The van der Waals surface area contributed by atoms with Crippen molar-refractivity contribution in [2.24, 2.45) is 0 Å². The minimum Gasteiger partial charge on any atom is -0.274 e. The zero-order valence-corrected chi connectivity index (χ0v) is 14.6. The fraction of sp³-hybridized carbons (Fsp3) is 0.200. The van der Waals surface area contributed by atoms with Crippen LogP contribution in [-0.4, -0.2) is 22.3 Å². The highest BCUT2D eigenvalue weighted by Crippen LogP contribution is 2.23. The van der Waals surface area contributed by atoms with Crippen LogP contribution in [0, 0.1) is 13.8 Å². The maximum Gasteiger partial charge on any atom is 0.293 e. The van der Waals surface area contributed by atoms with Crippen LogP contribution in [0.5, 0.6) is 0 Å². The van der Waals surface area contributed by atoms with Crippen molar-refractivity contribution in [3.05, 3.63) is 71.4 Å². The van der Waals surface area contributed by atoms with Gasteiger partial charge in [0.2, 0.25) is 0 Å². The predicted molar refractivity (Wildman–Crippen MR) is 97.6 cm³/mol. The lowest BCUT2D eigenvalue weighted by molar-refractivity contribution is 0.0357. The molecule has 3 rings (SSSR count). The number of hydrogen-bond donors (Lipinski definition) is 1. The molecule has 0 saturated heterocycles. The van der Waals surface area contributed by atoms with E-state index in [1.165, 1.54) is 0 Å². The van der Waals surface area contributed by atoms with Crippen molar-refractivity contribution < 1.29 is 9.63 Å². The number of nitrogens with zero attached hydrogens (tertiary/aromatic N) is 2. The summed E-state index contributed by atoms with van der Waals surface area (Å²) in [6.45, 7) is 6.26. The Labute approximate surface area is 147 Å². The molecule has 128 valence electrons. The molecule has 1 N–H and O–H groups in total. The van der Waals surface area contributed by atoms with Gasteiger partial charge in [0, 0.05) is 5.56 Å². The summed E-state index contributed by atoms with van der Waals surface area (Å²) in [6, 6.07) is 17.6. The van der Waals surface area contributed by atoms with Crippen molar-refractivity contribution in [3.63, 3.8) is 0 Å². The Hall–Kier alpha value is -2.92. The normalized spacial score (nSPS) is 10.7. The molecule has 1 aromatic heterocycles. The zero-order chi connectivity index (χ0) is 17.8. The summed E-state index contributed by atoms with van der Waals surface area (Å²) >= 11 is 0. The van der Waals surface area contributed by atoms with Crippen LogP contribution in [0.1, 0.15) is 28.5 Å². The second-order valence-corrected chi connectivity index (χ2v) is 5.85. The van der Waals surface area contributed by atoms with Crippen LogP contribution in [0.3, 0.4) is 0 Å². The van der Waals surface area contributed by atoms with E-state index in [0.29, 0.717) is 12.3 Å². The van der Waals surface area contributed by atoms with Gasteiger partial charge in [-0.1, -0.05) is 48.0 Å². The number of carbonyl (C=O) groups is 1. The Morgan fingerprint density at radius 1 is 1.12 bits per heavy atom. The highest BCUT2D eigenvalue weighted by Gasteiger charge is 2.18. The van der Waals surface area contributed by atoms with Gasteiger partial charge in [0.05, 0.1) is 18.0 Å². The van der Waals surface area contributed by atoms with Crippen LogP contribution in [0.2, 0.25) is 0 Å². The summed E-state index contributed by atoms with van der Waals surface area (Å²) in [5.41, 5.74) is 7.66. The lowest BCUT2D eigenvalue weighted by Gasteiger charge is -2.11. The molecule has 0 aliphatic carbocycles. The number of rotatable bonds is 5. The van der Waals surface area contributed by atoms with E-state index >= 15 is 0 Å². The van der Waals surface area contributed by atoms with Crippen molar-refractivity contribution in [2.75, 3.05) is 6.61 Å². The maximum atomic E-state index is 12.5. The summed E-state index contributed by atoms with van der Waals surface area (Å²) in [6.07, 6.45) is 0. The third-order valence-electron chi connectivity index (χ3n) is 3.90. The average Bonchev–Trinajstić information content (AvgIpc) is 3.05. The molecule has 0 atom stereocenters. The summed E-state index contributed by atoms with van der Waals surface area (Å²) in [5, 5.41) is 4.67. The SMILES string of the molecule is CCONC(=O)c1cc(-c2ccccc2)nn1-c1ccc(C)cc1C. The molecule has 0 fully saturated rings. The van der Waals surface area contributed by atoms with Crippen molar-refractivity contribution in [2.45, 2.75) is 20.8 Å². The lowest BCUT2D eigenvalue weighted by atomic mass is 10.1. The number of hydrogen-bond acceptors (Lipinski definition) is 3. The third-order valence-corrected chi connectivity index (χ3v) is 3.90. The van der Waals surface area contributed by atoms with Crippen LogP contribution >= 0.6 is 0 Å². The predicted octanol–water partition coefficient (Wildman–Crippen LogP) is 3.84. The summed E-state index contributed by atoms with van der Waals surface area (Å²) in [5.74, 6) is -0.323. The van der Waals surface area contributed by atoms with Crippen molar-refractivity contribution >= 4 is 5.91 Å². The van der Waals surface area contributed by atoms with Crippen molar-refractivity contribution in [1.82, 2.24) is 15.3 Å². The summed E-state index contributed by atoms with van der Waals surface area (Å²) in [7, 11) is 0. The molecular weight excluding hydrogens is 314 g/mol. The van der Waals surface area contributed by atoms with Crippen LogP contribution in [0.4, 0.5) is 0 Å². The van der Waals surface area contributed by atoms with E-state index in [1.54, 1.807) is 10.7 Å². The molecule has 0 unspecified atom stereocenters. The van der Waals surface area contributed by atoms with Crippen LogP contribution < -0.4 is 5.48 Å². The zero-order valence-electron chi connectivity index (χ0n) is 14.6. The Morgan fingerprint density at radius 2 is 1.88 bits per heavy atom. The molecule has 0 bridgehead atoms. The van der Waals surface area contributed by atoms with E-state index in [-0.39, 0.29) is 5.91 Å². The highest BCUT2D eigenvalue weighted by molar-refractivity contribution is 5.93. The van der Waals surface area contributed by atoms with Crippen molar-refractivity contribution in [1.29, 1.82) is 0 Å². The standard InChI is InChI=1S/C20H21N3O2/c1-4-25-22-20(24)19-13-17(16-8-6-5-7-9-16)21-23(19)18-11-10-14(2)12-15(18)3/h5-13H,4H2,1-3H3,(H,22,24). The molecule has 1 heterocycles. The average molecular weight is 335 g/mol. The van der Waals surface area contributed by atoms with Gasteiger partial charge in [0.15, 0.2) is 0 Å². The molecule has 2 aromatic carbocycles. The Kier molecular flexibility index (Phi) is 4.95. The first kappa shape index (κ1) is 16.9. The molecule has 3 aromatic rings. The Bertz CT molecular complexity index is 885. The van der Waals surface area contributed by atoms with Gasteiger partial charge in [-0.2, -0.15) is 5.10 Å². The molecule has 0 aliphatic heterocycles. The minimum atomic E-state index is -0.323. The van der Waals surface area contributed by atoms with E-state index in [1.807, 2.05) is 63.2 Å². The molecule has 0 radical (unpaired) electrons. The fourth-order valence-corrected chi connectivity index (χ4v) is 2.71. The quantitative estimate of drug-likeness (QED) is 0.721. The first-order valence-corrected chi connectivity index (χ1v) is 8.25. The number of hydroxylamine groups is 1. The monoisotopic (exact) mass is 335 g/mol. The molecule has 5 nitrogen and oxygen atoms in total. The van der Waals surface area contributed by atoms with Crippen LogP contribution in [0.25, 0.3) is 16.9 Å². The number of aryl methyl sites for hydroxylation is 2. The van der Waals surface area contributed by atoms with Gasteiger partial charge in [-0.15, -0.1) is 0 Å². The molecule has 25 heavy (non-hydrogen) atoms. The number of carbonyl (C=O) groups excluding carboxylic acids is 1. The van der Waals surface area contributed by atoms with E-state index in [9.17, 15) is 4.79 Å². The van der Waals surface area contributed by atoms with E-state index in [4.69, 9.17) is 4.84 Å². The minimum absolute atomic E-state index is 0.323. The van der Waals surface area contributed by atoms with Gasteiger partial charge in [0.1, 0.15) is 5.69 Å². The van der Waals surface area contributed by atoms with Crippen molar-refractivity contribution in [3.8, 4) is 16.9 Å². The maximum absolute atomic E-state index is 12.5. The molecule has 0 spiro atoms. The number of aromatic nitrogens is 2. The van der Waals surface area contributed by atoms with E-state index in [2.05, 4.69) is 16.6 Å². The van der Waals surface area contributed by atoms with Gasteiger partial charge >= 0.3 is 0 Å². The Morgan fingerprint density at radius 3 is 2.56 bits per heavy atom. The molecular formula is C20H21N3O2. The second kappa shape index (κ2) is 7.32. The summed E-state index contributed by atoms with van der Waals surface area (Å²) in [4.78, 5) is 17.6. The van der Waals surface area contributed by atoms with Gasteiger partial charge in [0.25, 0.3) is 5.91 Å². The molecule has 0 aliphatic rings. The molecule has 1 amide bonds. The van der Waals surface area contributed by atoms with Gasteiger partial charge in [-0.05, 0) is 38.5 Å². The number of amides is 1. The van der Waals surface area contributed by atoms with Crippen LogP contribution in [0.15, 0.2) is 54.6 Å². The topological polar surface area (TPSA) is 56.1 Å². The smallest absolute Gasteiger partial charge is 0.274 e. The third kappa shape index (κ3) is 3.61. The second-order valence-electron chi connectivity index (χ2n) is 5.85. The first-order chi connectivity index (χ1) is 12.1. The Balaban J connectivity index is 2.11. The lowest BCUT2D eigenvalue weighted by Crippen LogP contribution is -2.26. The van der Waals surface area contributed by atoms with Gasteiger partial charge in [-0.25, -0.2) is 10.2 Å². The number of benzene rings is 2. The van der Waals surface area contributed by atoms with Crippen LogP contribution in [-0.2, 0) is 4.84 Å².